The third-order valence-electron chi connectivity index (χ3n) is 6.67. The summed E-state index contributed by atoms with van der Waals surface area (Å²) in [6, 6.07) is 27.9. The number of Topliss-reactive ketones (excluding diaryl/α,β-unsaturated/α-hetero) is 1. The van der Waals surface area contributed by atoms with Gasteiger partial charge in [-0.3, -0.25) is 14.5 Å². The molecule has 6 nitrogen and oxygen atoms in total. The van der Waals surface area contributed by atoms with Crippen LogP contribution in [0.4, 0.5) is 0 Å². The van der Waals surface area contributed by atoms with Gasteiger partial charge in [0.05, 0.1) is 17.6 Å². The first-order chi connectivity index (χ1) is 17.2. The van der Waals surface area contributed by atoms with Crippen molar-refractivity contribution >= 4 is 22.7 Å². The Kier molecular flexibility index (Phi) is 7.00. The topological polar surface area (TPSA) is 58.4 Å². The largest absolute Gasteiger partial charge is 0.340 e. The molecule has 5 rings (SSSR count). The van der Waals surface area contributed by atoms with Crippen molar-refractivity contribution in [3.05, 3.63) is 102 Å². The van der Waals surface area contributed by atoms with Gasteiger partial charge in [-0.2, -0.15) is 0 Å². The van der Waals surface area contributed by atoms with Gasteiger partial charge < -0.3 is 9.47 Å². The van der Waals surface area contributed by atoms with E-state index in [1.807, 2.05) is 35.2 Å². The molecule has 1 saturated heterocycles. The Bertz CT molecular complexity index is 1290. The normalized spacial score (nSPS) is 14.3. The monoisotopic (exact) mass is 466 g/mol. The van der Waals surface area contributed by atoms with E-state index in [1.165, 1.54) is 5.56 Å². The van der Waals surface area contributed by atoms with Gasteiger partial charge in [-0.15, -0.1) is 0 Å². The van der Waals surface area contributed by atoms with Gasteiger partial charge in [-0.25, -0.2) is 4.98 Å². The second-order valence-electron chi connectivity index (χ2n) is 9.03. The molecule has 0 radical (unpaired) electrons. The highest BCUT2D eigenvalue weighted by molar-refractivity contribution is 5.97. The minimum absolute atomic E-state index is 0.0231. The fraction of sp³-hybridized carbons (Fsp3) is 0.276. The van der Waals surface area contributed by atoms with Gasteiger partial charge in [-0.1, -0.05) is 72.8 Å². The third kappa shape index (κ3) is 5.49. The van der Waals surface area contributed by atoms with Gasteiger partial charge >= 0.3 is 0 Å². The summed E-state index contributed by atoms with van der Waals surface area (Å²) < 4.78 is 2.30. The number of imidazole rings is 1. The van der Waals surface area contributed by atoms with Gasteiger partial charge in [-0.05, 0) is 17.7 Å². The van der Waals surface area contributed by atoms with E-state index < -0.39 is 0 Å². The zero-order valence-corrected chi connectivity index (χ0v) is 19.8. The molecule has 1 aromatic heterocycles. The third-order valence-corrected chi connectivity index (χ3v) is 6.67. The first-order valence-electron chi connectivity index (χ1n) is 12.2. The molecule has 0 N–H and O–H groups in total. The quantitative estimate of drug-likeness (QED) is 0.362. The first kappa shape index (κ1) is 23.0. The van der Waals surface area contributed by atoms with Crippen molar-refractivity contribution in [2.45, 2.75) is 25.9 Å². The molecule has 1 amide bonds. The van der Waals surface area contributed by atoms with E-state index in [9.17, 15) is 9.59 Å². The number of piperazine rings is 1. The van der Waals surface area contributed by atoms with E-state index in [-0.39, 0.29) is 24.5 Å². The fourth-order valence-corrected chi connectivity index (χ4v) is 4.69. The van der Waals surface area contributed by atoms with Crippen LogP contribution >= 0.6 is 0 Å². The van der Waals surface area contributed by atoms with Crippen LogP contribution in [0.1, 0.15) is 34.6 Å². The highest BCUT2D eigenvalue weighted by Crippen LogP contribution is 2.20. The molecule has 6 heteroatoms. The molecule has 0 unspecified atom stereocenters. The first-order valence-corrected chi connectivity index (χ1v) is 12.2. The molecule has 2 heterocycles. The van der Waals surface area contributed by atoms with Crippen molar-refractivity contribution in [3.8, 4) is 0 Å². The molecule has 0 saturated carbocycles. The fourth-order valence-electron chi connectivity index (χ4n) is 4.69. The molecule has 1 fully saturated rings. The maximum absolute atomic E-state index is 12.7. The molecule has 4 aromatic rings. The molecule has 1 aliphatic rings. The summed E-state index contributed by atoms with van der Waals surface area (Å²) in [5, 5.41) is 0. The number of carbonyl (C=O) groups is 2. The van der Waals surface area contributed by atoms with Crippen molar-refractivity contribution < 1.29 is 9.59 Å². The van der Waals surface area contributed by atoms with E-state index in [4.69, 9.17) is 4.98 Å². The number of para-hydroxylation sites is 2. The van der Waals surface area contributed by atoms with Crippen molar-refractivity contribution in [2.24, 2.45) is 0 Å². The lowest BCUT2D eigenvalue weighted by Gasteiger charge is -2.34. The molecule has 1 aliphatic heterocycles. The average molecular weight is 467 g/mol. The molecule has 0 bridgehead atoms. The maximum atomic E-state index is 12.7. The number of nitrogens with zero attached hydrogens (tertiary/aromatic N) is 4. The predicted octanol–water partition coefficient (Wildman–Crippen LogP) is 4.39. The van der Waals surface area contributed by atoms with Crippen LogP contribution in [0.5, 0.6) is 0 Å². The van der Waals surface area contributed by atoms with Gasteiger partial charge in [0.1, 0.15) is 5.82 Å². The number of benzene rings is 3. The van der Waals surface area contributed by atoms with E-state index in [2.05, 4.69) is 51.9 Å². The van der Waals surface area contributed by atoms with Crippen LogP contribution in [0.15, 0.2) is 84.9 Å². The van der Waals surface area contributed by atoms with Gasteiger partial charge in [0.2, 0.25) is 5.91 Å². The lowest BCUT2D eigenvalue weighted by atomic mass is 10.1. The van der Waals surface area contributed by atoms with Crippen LogP contribution in [-0.4, -0.2) is 57.2 Å². The van der Waals surface area contributed by atoms with E-state index in [0.29, 0.717) is 18.7 Å². The summed E-state index contributed by atoms with van der Waals surface area (Å²) in [4.78, 5) is 34.2. The second kappa shape index (κ2) is 10.7. The number of rotatable bonds is 8. The van der Waals surface area contributed by atoms with Gasteiger partial charge in [0.25, 0.3) is 0 Å². The van der Waals surface area contributed by atoms with Crippen LogP contribution in [-0.2, 0) is 17.9 Å². The minimum Gasteiger partial charge on any atom is -0.340 e. The summed E-state index contributed by atoms with van der Waals surface area (Å²) >= 11 is 0. The Morgan fingerprint density at radius 2 is 1.37 bits per heavy atom. The van der Waals surface area contributed by atoms with E-state index >= 15 is 0 Å². The summed E-state index contributed by atoms with van der Waals surface area (Å²) in [7, 11) is 0. The molecule has 35 heavy (non-hydrogen) atoms. The number of carbonyl (C=O) groups excluding carboxylic acids is 2. The molecule has 0 aliphatic carbocycles. The molecular formula is C29H30N4O2. The lowest BCUT2D eigenvalue weighted by molar-refractivity contribution is -0.133. The number of fused-ring (bicyclic) bond motifs is 1. The Morgan fingerprint density at radius 1 is 0.714 bits per heavy atom. The van der Waals surface area contributed by atoms with Crippen LogP contribution in [0, 0.1) is 0 Å². The standard InChI is InChI=1S/C29H30N4O2/c34-27(24-11-5-2-6-12-24)15-16-29(35)32-19-17-31(18-20-32)22-28-30-25-13-7-8-14-26(25)33(28)21-23-9-3-1-4-10-23/h1-14H,15-22H2. The van der Waals surface area contributed by atoms with E-state index in [1.54, 1.807) is 12.1 Å². The SMILES string of the molecule is O=C(CCC(=O)N1CCN(Cc2nc3ccccc3n2Cc2ccccc2)CC1)c1ccccc1. The molecule has 0 spiro atoms. The summed E-state index contributed by atoms with van der Waals surface area (Å²) in [6.45, 7) is 4.48. The number of amides is 1. The second-order valence-corrected chi connectivity index (χ2v) is 9.03. The molecular weight excluding hydrogens is 436 g/mol. The summed E-state index contributed by atoms with van der Waals surface area (Å²) in [5.41, 5.74) is 4.07. The Morgan fingerprint density at radius 3 is 2.11 bits per heavy atom. The van der Waals surface area contributed by atoms with E-state index in [0.717, 1.165) is 43.0 Å². The molecule has 3 aromatic carbocycles. The Balaban J connectivity index is 1.19. The molecule has 178 valence electrons. The van der Waals surface area contributed by atoms with Crippen LogP contribution < -0.4 is 0 Å². The average Bonchev–Trinajstić information content (AvgIpc) is 3.25. The highest BCUT2D eigenvalue weighted by Gasteiger charge is 2.23. The van der Waals surface area contributed by atoms with Crippen molar-refractivity contribution in [1.29, 1.82) is 0 Å². The smallest absolute Gasteiger partial charge is 0.223 e. The van der Waals surface area contributed by atoms with Crippen LogP contribution in [0.2, 0.25) is 0 Å². The van der Waals surface area contributed by atoms with Crippen molar-refractivity contribution in [2.75, 3.05) is 26.2 Å². The Labute approximate surface area is 205 Å². The van der Waals surface area contributed by atoms with Crippen molar-refractivity contribution in [1.82, 2.24) is 19.4 Å². The minimum atomic E-state index is 0.0231. The maximum Gasteiger partial charge on any atom is 0.223 e. The summed E-state index contributed by atoms with van der Waals surface area (Å²) in [5.74, 6) is 1.13. The summed E-state index contributed by atoms with van der Waals surface area (Å²) in [6.07, 6.45) is 0.521. The number of hydrogen-bond donors (Lipinski definition) is 0. The lowest BCUT2D eigenvalue weighted by Crippen LogP contribution is -2.48. The van der Waals surface area contributed by atoms with Crippen LogP contribution in [0.3, 0.4) is 0 Å². The number of hydrogen-bond acceptors (Lipinski definition) is 4. The van der Waals surface area contributed by atoms with Gasteiger partial charge in [0.15, 0.2) is 5.78 Å². The highest BCUT2D eigenvalue weighted by atomic mass is 16.2. The Hall–Kier alpha value is -3.77. The zero-order valence-electron chi connectivity index (χ0n) is 19.8. The number of aromatic nitrogens is 2. The number of ketones is 1. The zero-order chi connectivity index (χ0) is 24.0. The predicted molar refractivity (Wildman–Crippen MR) is 137 cm³/mol. The van der Waals surface area contributed by atoms with Crippen LogP contribution in [0.25, 0.3) is 11.0 Å². The van der Waals surface area contributed by atoms with Gasteiger partial charge in [0, 0.05) is 51.1 Å². The molecule has 0 atom stereocenters. The van der Waals surface area contributed by atoms with Crippen molar-refractivity contribution in [3.63, 3.8) is 0 Å².